The lowest BCUT2D eigenvalue weighted by atomic mass is 9.85. The van der Waals surface area contributed by atoms with Crippen molar-refractivity contribution < 1.29 is 5.11 Å². The van der Waals surface area contributed by atoms with Gasteiger partial charge in [0, 0.05) is 24.1 Å². The summed E-state index contributed by atoms with van der Waals surface area (Å²) in [5, 5.41) is 17.5. The summed E-state index contributed by atoms with van der Waals surface area (Å²) in [5.41, 5.74) is 1.43. The molecule has 2 N–H and O–H groups in total. The summed E-state index contributed by atoms with van der Waals surface area (Å²) >= 11 is 1.74. The number of aliphatic hydroxyl groups is 1. The molecule has 16 heavy (non-hydrogen) atoms. The molecular formula is C13H21NOS. The van der Waals surface area contributed by atoms with Crippen molar-refractivity contribution in [2.75, 3.05) is 6.61 Å². The molecule has 0 spiro atoms. The largest absolute Gasteiger partial charge is 0.396 e. The molecule has 0 bridgehead atoms. The van der Waals surface area contributed by atoms with E-state index in [4.69, 9.17) is 0 Å². The van der Waals surface area contributed by atoms with Gasteiger partial charge in [0.15, 0.2) is 0 Å². The number of aliphatic hydroxyl groups excluding tert-OH is 1. The SMILES string of the molecule is CC(NC1CCCC1(C)CO)c1ccsc1. The fraction of sp³-hybridized carbons (Fsp3) is 0.692. The average molecular weight is 239 g/mol. The van der Waals surface area contributed by atoms with E-state index in [1.54, 1.807) is 11.3 Å². The fourth-order valence-electron chi connectivity index (χ4n) is 2.63. The van der Waals surface area contributed by atoms with Crippen molar-refractivity contribution in [3.05, 3.63) is 22.4 Å². The van der Waals surface area contributed by atoms with Crippen molar-refractivity contribution in [3.8, 4) is 0 Å². The fourth-order valence-corrected chi connectivity index (χ4v) is 3.38. The monoisotopic (exact) mass is 239 g/mol. The second-order valence-electron chi connectivity index (χ2n) is 5.20. The number of hydrogen-bond donors (Lipinski definition) is 2. The zero-order chi connectivity index (χ0) is 11.6. The molecule has 0 amide bonds. The molecule has 2 rings (SSSR count). The van der Waals surface area contributed by atoms with Crippen LogP contribution >= 0.6 is 11.3 Å². The van der Waals surface area contributed by atoms with Crippen LogP contribution in [0.3, 0.4) is 0 Å². The normalized spacial score (nSPS) is 31.8. The second-order valence-corrected chi connectivity index (χ2v) is 5.98. The molecule has 3 atom stereocenters. The number of rotatable bonds is 4. The van der Waals surface area contributed by atoms with Crippen LogP contribution in [0.5, 0.6) is 0 Å². The third kappa shape index (κ3) is 2.31. The van der Waals surface area contributed by atoms with Gasteiger partial charge in [0.25, 0.3) is 0 Å². The number of thiophene rings is 1. The third-order valence-electron chi connectivity index (χ3n) is 3.94. The Morgan fingerprint density at radius 2 is 2.50 bits per heavy atom. The van der Waals surface area contributed by atoms with Crippen LogP contribution in [0, 0.1) is 5.41 Å². The Kier molecular flexibility index (Phi) is 3.67. The van der Waals surface area contributed by atoms with E-state index >= 15 is 0 Å². The van der Waals surface area contributed by atoms with Gasteiger partial charge in [-0.1, -0.05) is 13.3 Å². The van der Waals surface area contributed by atoms with Gasteiger partial charge in [-0.05, 0) is 42.2 Å². The second kappa shape index (κ2) is 4.86. The van der Waals surface area contributed by atoms with Crippen LogP contribution in [0.2, 0.25) is 0 Å². The van der Waals surface area contributed by atoms with Gasteiger partial charge in [-0.15, -0.1) is 0 Å². The van der Waals surface area contributed by atoms with Gasteiger partial charge in [0.2, 0.25) is 0 Å². The van der Waals surface area contributed by atoms with Crippen LogP contribution in [0.25, 0.3) is 0 Å². The minimum atomic E-state index is 0.0737. The van der Waals surface area contributed by atoms with E-state index in [1.165, 1.54) is 18.4 Å². The summed E-state index contributed by atoms with van der Waals surface area (Å²) in [6, 6.07) is 3.01. The Bertz CT molecular complexity index is 325. The van der Waals surface area contributed by atoms with Crippen molar-refractivity contribution in [3.63, 3.8) is 0 Å². The van der Waals surface area contributed by atoms with Crippen LogP contribution in [0.4, 0.5) is 0 Å². The van der Waals surface area contributed by atoms with E-state index < -0.39 is 0 Å². The first kappa shape index (κ1) is 12.1. The molecular weight excluding hydrogens is 218 g/mol. The molecule has 1 aromatic rings. The maximum Gasteiger partial charge on any atom is 0.0499 e. The maximum absolute atomic E-state index is 9.50. The van der Waals surface area contributed by atoms with Crippen molar-refractivity contribution in [2.24, 2.45) is 5.41 Å². The molecule has 1 saturated carbocycles. The van der Waals surface area contributed by atoms with Crippen LogP contribution in [-0.2, 0) is 0 Å². The summed E-state index contributed by atoms with van der Waals surface area (Å²) in [7, 11) is 0. The van der Waals surface area contributed by atoms with E-state index in [0.717, 1.165) is 6.42 Å². The zero-order valence-corrected chi connectivity index (χ0v) is 10.9. The van der Waals surface area contributed by atoms with Crippen molar-refractivity contribution >= 4 is 11.3 Å². The van der Waals surface area contributed by atoms with Crippen LogP contribution in [-0.4, -0.2) is 17.8 Å². The van der Waals surface area contributed by atoms with Gasteiger partial charge in [0.05, 0.1) is 0 Å². The maximum atomic E-state index is 9.50. The van der Waals surface area contributed by atoms with Gasteiger partial charge >= 0.3 is 0 Å². The van der Waals surface area contributed by atoms with E-state index in [-0.39, 0.29) is 5.41 Å². The summed E-state index contributed by atoms with van der Waals surface area (Å²) < 4.78 is 0. The van der Waals surface area contributed by atoms with Crippen LogP contribution in [0.15, 0.2) is 16.8 Å². The highest BCUT2D eigenvalue weighted by Crippen LogP contribution is 2.38. The molecule has 1 aromatic heterocycles. The Morgan fingerprint density at radius 3 is 3.12 bits per heavy atom. The highest BCUT2D eigenvalue weighted by atomic mass is 32.1. The lowest BCUT2D eigenvalue weighted by molar-refractivity contribution is 0.114. The van der Waals surface area contributed by atoms with Gasteiger partial charge < -0.3 is 10.4 Å². The van der Waals surface area contributed by atoms with Crippen molar-refractivity contribution in [1.82, 2.24) is 5.32 Å². The van der Waals surface area contributed by atoms with E-state index in [0.29, 0.717) is 18.7 Å². The molecule has 90 valence electrons. The first-order chi connectivity index (χ1) is 7.65. The molecule has 1 aliphatic rings. The molecule has 1 heterocycles. The van der Waals surface area contributed by atoms with E-state index in [9.17, 15) is 5.11 Å². The Labute approximate surface area is 102 Å². The first-order valence-electron chi connectivity index (χ1n) is 6.05. The summed E-state index contributed by atoms with van der Waals surface area (Å²) in [6.07, 6.45) is 3.55. The van der Waals surface area contributed by atoms with Gasteiger partial charge in [-0.3, -0.25) is 0 Å². The Balaban J connectivity index is 1.99. The molecule has 2 nitrogen and oxygen atoms in total. The minimum Gasteiger partial charge on any atom is -0.396 e. The van der Waals surface area contributed by atoms with E-state index in [1.807, 2.05) is 0 Å². The van der Waals surface area contributed by atoms with Crippen LogP contribution < -0.4 is 5.32 Å². The first-order valence-corrected chi connectivity index (χ1v) is 6.99. The predicted octanol–water partition coefficient (Wildman–Crippen LogP) is 2.95. The molecule has 1 fully saturated rings. The lowest BCUT2D eigenvalue weighted by Gasteiger charge is -2.32. The Hall–Kier alpha value is -0.380. The quantitative estimate of drug-likeness (QED) is 0.846. The Morgan fingerprint density at radius 1 is 1.69 bits per heavy atom. The molecule has 0 saturated heterocycles. The molecule has 3 heteroatoms. The molecule has 0 aliphatic heterocycles. The van der Waals surface area contributed by atoms with Crippen LogP contribution in [0.1, 0.15) is 44.7 Å². The zero-order valence-electron chi connectivity index (χ0n) is 10.1. The van der Waals surface area contributed by atoms with Crippen molar-refractivity contribution in [2.45, 2.75) is 45.2 Å². The number of hydrogen-bond acceptors (Lipinski definition) is 3. The molecule has 1 aliphatic carbocycles. The highest BCUT2D eigenvalue weighted by molar-refractivity contribution is 7.07. The predicted molar refractivity (Wildman–Crippen MR) is 68.7 cm³/mol. The average Bonchev–Trinajstić information content (AvgIpc) is 2.89. The van der Waals surface area contributed by atoms with Crippen molar-refractivity contribution in [1.29, 1.82) is 0 Å². The molecule has 0 aromatic carbocycles. The smallest absolute Gasteiger partial charge is 0.0499 e. The summed E-state index contributed by atoms with van der Waals surface area (Å²) in [5.74, 6) is 0. The topological polar surface area (TPSA) is 32.3 Å². The van der Waals surface area contributed by atoms with Gasteiger partial charge in [-0.2, -0.15) is 11.3 Å². The lowest BCUT2D eigenvalue weighted by Crippen LogP contribution is -2.42. The highest BCUT2D eigenvalue weighted by Gasteiger charge is 2.38. The molecule has 3 unspecified atom stereocenters. The molecule has 0 radical (unpaired) electrons. The number of nitrogens with one attached hydrogen (secondary N) is 1. The summed E-state index contributed by atoms with van der Waals surface area (Å²) in [4.78, 5) is 0. The van der Waals surface area contributed by atoms with Gasteiger partial charge in [-0.25, -0.2) is 0 Å². The summed E-state index contributed by atoms with van der Waals surface area (Å²) in [6.45, 7) is 4.69. The standard InChI is InChI=1S/C13H21NOS/c1-10(11-5-7-16-8-11)14-12-4-3-6-13(12,2)9-15/h5,7-8,10,12,14-15H,3-4,6,9H2,1-2H3. The van der Waals surface area contributed by atoms with Gasteiger partial charge in [0.1, 0.15) is 0 Å². The third-order valence-corrected chi connectivity index (χ3v) is 4.64. The van der Waals surface area contributed by atoms with E-state index in [2.05, 4.69) is 36.0 Å². The minimum absolute atomic E-state index is 0.0737.